The van der Waals surface area contributed by atoms with Crippen molar-refractivity contribution in [2.75, 3.05) is 0 Å². The van der Waals surface area contributed by atoms with E-state index in [-0.39, 0.29) is 18.0 Å². The van der Waals surface area contributed by atoms with E-state index in [0.717, 1.165) is 30.0 Å². The molecule has 0 aromatic carbocycles. The van der Waals surface area contributed by atoms with Crippen LogP contribution in [0.5, 0.6) is 0 Å². The fourth-order valence-corrected chi connectivity index (χ4v) is 3.28. The number of hydrogen-bond acceptors (Lipinski definition) is 5. The number of carbonyl (C=O) groups is 1. The largest absolute Gasteiger partial charge is 0.458 e. The molecule has 2 fully saturated rings. The van der Waals surface area contributed by atoms with Gasteiger partial charge in [0.1, 0.15) is 11.6 Å². The summed E-state index contributed by atoms with van der Waals surface area (Å²) in [6.45, 7) is 2.23. The van der Waals surface area contributed by atoms with E-state index in [0.29, 0.717) is 12.7 Å². The standard InChI is InChI=1S/C12H15NO3S/c1-7-6-17-11(13-7)5-15-12(14)9-4-8-2-3-10(9)16-8/h6,8-10H,2-5H2,1H3/t8-,9-,10-/m0/s1. The van der Waals surface area contributed by atoms with Gasteiger partial charge in [0.15, 0.2) is 0 Å². The summed E-state index contributed by atoms with van der Waals surface area (Å²) >= 11 is 1.53. The number of nitrogens with zero attached hydrogens (tertiary/aromatic N) is 1. The number of carbonyl (C=O) groups excluding carboxylic acids is 1. The van der Waals surface area contributed by atoms with Crippen molar-refractivity contribution in [1.29, 1.82) is 0 Å². The first-order chi connectivity index (χ1) is 8.22. The van der Waals surface area contributed by atoms with Crippen LogP contribution in [0.15, 0.2) is 5.38 Å². The molecule has 1 aromatic rings. The van der Waals surface area contributed by atoms with Gasteiger partial charge in [0, 0.05) is 11.1 Å². The molecule has 2 aliphatic rings. The molecule has 4 nitrogen and oxygen atoms in total. The van der Waals surface area contributed by atoms with Crippen molar-refractivity contribution >= 4 is 17.3 Å². The molecule has 0 radical (unpaired) electrons. The Labute approximate surface area is 104 Å². The van der Waals surface area contributed by atoms with Crippen molar-refractivity contribution in [3.63, 3.8) is 0 Å². The van der Waals surface area contributed by atoms with Gasteiger partial charge < -0.3 is 9.47 Å². The number of aryl methyl sites for hydroxylation is 1. The van der Waals surface area contributed by atoms with E-state index in [1.807, 2.05) is 12.3 Å². The predicted molar refractivity (Wildman–Crippen MR) is 62.6 cm³/mol. The van der Waals surface area contributed by atoms with Gasteiger partial charge in [0.05, 0.1) is 18.1 Å². The highest BCUT2D eigenvalue weighted by atomic mass is 32.1. The molecule has 3 rings (SSSR count). The molecular weight excluding hydrogens is 238 g/mol. The maximum atomic E-state index is 11.9. The van der Waals surface area contributed by atoms with Gasteiger partial charge in [0.2, 0.25) is 0 Å². The molecule has 0 unspecified atom stereocenters. The second-order valence-corrected chi connectivity index (χ2v) is 5.65. The zero-order valence-corrected chi connectivity index (χ0v) is 10.5. The van der Waals surface area contributed by atoms with Crippen LogP contribution in [0.3, 0.4) is 0 Å². The quantitative estimate of drug-likeness (QED) is 0.774. The van der Waals surface area contributed by atoms with E-state index in [1.165, 1.54) is 11.3 Å². The number of hydrogen-bond donors (Lipinski definition) is 0. The molecule has 0 aliphatic carbocycles. The maximum absolute atomic E-state index is 11.9. The maximum Gasteiger partial charge on any atom is 0.312 e. The van der Waals surface area contributed by atoms with Crippen LogP contribution in [0, 0.1) is 12.8 Å². The van der Waals surface area contributed by atoms with Crippen molar-refractivity contribution in [2.45, 2.75) is 45.0 Å². The number of rotatable bonds is 3. The Balaban J connectivity index is 1.54. The zero-order valence-electron chi connectivity index (χ0n) is 9.72. The van der Waals surface area contributed by atoms with Crippen molar-refractivity contribution in [3.05, 3.63) is 16.1 Å². The Hall–Kier alpha value is -0.940. The highest BCUT2D eigenvalue weighted by Gasteiger charge is 2.45. The van der Waals surface area contributed by atoms with Crippen molar-refractivity contribution in [1.82, 2.24) is 4.98 Å². The fraction of sp³-hybridized carbons (Fsp3) is 0.667. The summed E-state index contributed by atoms with van der Waals surface area (Å²) in [7, 11) is 0. The third-order valence-electron chi connectivity index (χ3n) is 3.41. The molecule has 5 heteroatoms. The minimum atomic E-state index is -0.120. The molecule has 2 aliphatic heterocycles. The number of esters is 1. The molecule has 1 aromatic heterocycles. The van der Waals surface area contributed by atoms with Gasteiger partial charge in [-0.1, -0.05) is 0 Å². The molecule has 0 saturated carbocycles. The first-order valence-electron chi connectivity index (χ1n) is 5.95. The van der Waals surface area contributed by atoms with Gasteiger partial charge in [-0.3, -0.25) is 4.79 Å². The smallest absolute Gasteiger partial charge is 0.312 e. The first-order valence-corrected chi connectivity index (χ1v) is 6.83. The van der Waals surface area contributed by atoms with Crippen LogP contribution in [-0.4, -0.2) is 23.2 Å². The molecule has 3 atom stereocenters. The average Bonchev–Trinajstić information content (AvgIpc) is 3.01. The highest BCUT2D eigenvalue weighted by Crippen LogP contribution is 2.39. The Bertz CT molecular complexity index is 431. The lowest BCUT2D eigenvalue weighted by Crippen LogP contribution is -2.27. The SMILES string of the molecule is Cc1csc(COC(=O)[C@H]2C[C@@H]3CC[C@@H]2O3)n1. The minimum absolute atomic E-state index is 0.0465. The molecule has 0 amide bonds. The summed E-state index contributed by atoms with van der Waals surface area (Å²) in [5, 5.41) is 2.82. The molecule has 2 bridgehead atoms. The van der Waals surface area contributed by atoms with Crippen molar-refractivity contribution < 1.29 is 14.3 Å². The average molecular weight is 253 g/mol. The minimum Gasteiger partial charge on any atom is -0.458 e. The molecule has 0 spiro atoms. The Kier molecular flexibility index (Phi) is 2.88. The molecule has 92 valence electrons. The van der Waals surface area contributed by atoms with Crippen LogP contribution in [0.1, 0.15) is 30.0 Å². The van der Waals surface area contributed by atoms with Gasteiger partial charge >= 0.3 is 5.97 Å². The van der Waals surface area contributed by atoms with E-state index in [4.69, 9.17) is 9.47 Å². The molecule has 0 N–H and O–H groups in total. The summed E-state index contributed by atoms with van der Waals surface area (Å²) in [4.78, 5) is 16.2. The van der Waals surface area contributed by atoms with Crippen molar-refractivity contribution in [2.24, 2.45) is 5.92 Å². The summed E-state index contributed by atoms with van der Waals surface area (Å²) in [6.07, 6.45) is 3.33. The summed E-state index contributed by atoms with van der Waals surface area (Å²) in [5.74, 6) is -0.167. The highest BCUT2D eigenvalue weighted by molar-refractivity contribution is 7.09. The van der Waals surface area contributed by atoms with Crippen molar-refractivity contribution in [3.8, 4) is 0 Å². The summed E-state index contributed by atoms with van der Waals surface area (Å²) < 4.78 is 11.0. The molecule has 17 heavy (non-hydrogen) atoms. The summed E-state index contributed by atoms with van der Waals surface area (Å²) in [6, 6.07) is 0. The van der Waals surface area contributed by atoms with Gasteiger partial charge in [-0.15, -0.1) is 11.3 Å². The van der Waals surface area contributed by atoms with Gasteiger partial charge in [-0.2, -0.15) is 0 Å². The Morgan fingerprint density at radius 1 is 1.65 bits per heavy atom. The lowest BCUT2D eigenvalue weighted by molar-refractivity contribution is -0.151. The predicted octanol–water partition coefficient (Wildman–Crippen LogP) is 2.06. The lowest BCUT2D eigenvalue weighted by Gasteiger charge is -2.16. The fourth-order valence-electron chi connectivity index (χ4n) is 2.59. The molecule has 2 saturated heterocycles. The van der Waals surface area contributed by atoms with E-state index < -0.39 is 0 Å². The van der Waals surface area contributed by atoms with E-state index in [1.54, 1.807) is 0 Å². The van der Waals surface area contributed by atoms with Crippen LogP contribution in [-0.2, 0) is 20.9 Å². The Morgan fingerprint density at radius 3 is 3.12 bits per heavy atom. The second kappa shape index (κ2) is 4.38. The lowest BCUT2D eigenvalue weighted by atomic mass is 9.89. The zero-order chi connectivity index (χ0) is 11.8. The second-order valence-electron chi connectivity index (χ2n) is 4.71. The number of fused-ring (bicyclic) bond motifs is 2. The van der Waals surface area contributed by atoms with Crippen LogP contribution in [0.2, 0.25) is 0 Å². The normalized spacial score (nSPS) is 30.8. The monoisotopic (exact) mass is 253 g/mol. The molecular formula is C12H15NO3S. The topological polar surface area (TPSA) is 48.4 Å². The first kappa shape index (κ1) is 11.2. The van der Waals surface area contributed by atoms with E-state index in [2.05, 4.69) is 4.98 Å². The number of ether oxygens (including phenoxy) is 2. The van der Waals surface area contributed by atoms with Gasteiger partial charge in [0.25, 0.3) is 0 Å². The van der Waals surface area contributed by atoms with Gasteiger partial charge in [-0.05, 0) is 26.2 Å². The third kappa shape index (κ3) is 2.21. The number of aromatic nitrogens is 1. The Morgan fingerprint density at radius 2 is 2.53 bits per heavy atom. The summed E-state index contributed by atoms with van der Waals surface area (Å²) in [5.41, 5.74) is 0.976. The third-order valence-corrected chi connectivity index (χ3v) is 4.35. The van der Waals surface area contributed by atoms with Crippen LogP contribution < -0.4 is 0 Å². The van der Waals surface area contributed by atoms with E-state index >= 15 is 0 Å². The van der Waals surface area contributed by atoms with Crippen LogP contribution >= 0.6 is 11.3 Å². The van der Waals surface area contributed by atoms with E-state index in [9.17, 15) is 4.79 Å². The molecule has 3 heterocycles. The van der Waals surface area contributed by atoms with Crippen LogP contribution in [0.4, 0.5) is 0 Å². The van der Waals surface area contributed by atoms with Gasteiger partial charge in [-0.25, -0.2) is 4.98 Å². The number of thiazole rings is 1. The van der Waals surface area contributed by atoms with Crippen LogP contribution in [0.25, 0.3) is 0 Å².